The Morgan fingerprint density at radius 3 is 2.40 bits per heavy atom. The minimum atomic E-state index is -0.572. The predicted octanol–water partition coefficient (Wildman–Crippen LogP) is 4.06. The van der Waals surface area contributed by atoms with Crippen molar-refractivity contribution in [3.8, 4) is 5.75 Å². The number of benzene rings is 2. The Balaban J connectivity index is 2.10. The van der Waals surface area contributed by atoms with E-state index in [1.165, 1.54) is 0 Å². The second kappa shape index (κ2) is 11.4. The van der Waals surface area contributed by atoms with Gasteiger partial charge in [0.15, 0.2) is 6.61 Å². The minimum Gasteiger partial charge on any atom is -0.483 e. The third-order valence-corrected chi connectivity index (χ3v) is 5.56. The Bertz CT molecular complexity index is 836. The monoisotopic (exact) mass is 410 g/mol. The summed E-state index contributed by atoms with van der Waals surface area (Å²) in [5.74, 6) is 0.360. The number of carbonyl (C=O) groups is 2. The van der Waals surface area contributed by atoms with Crippen molar-refractivity contribution in [2.75, 3.05) is 13.2 Å². The van der Waals surface area contributed by atoms with Crippen LogP contribution in [0.15, 0.2) is 48.5 Å². The first-order valence-corrected chi connectivity index (χ1v) is 10.7. The summed E-state index contributed by atoms with van der Waals surface area (Å²) >= 11 is 0. The van der Waals surface area contributed by atoms with Crippen molar-refractivity contribution in [2.45, 2.75) is 59.5 Å². The maximum Gasteiger partial charge on any atom is 0.261 e. The number of carbonyl (C=O) groups excluding carboxylic acids is 2. The fourth-order valence-corrected chi connectivity index (χ4v) is 3.14. The molecule has 0 aromatic heterocycles. The first kappa shape index (κ1) is 23.5. The van der Waals surface area contributed by atoms with Gasteiger partial charge < -0.3 is 15.0 Å². The standard InChI is InChI=1S/C25H34N2O3/c1-6-19(3)26-25(29)21(5)27(16-15-22-12-8-7-9-13-22)24(28)17-30-23-14-10-11-18(2)20(23)4/h7-14,19,21H,6,15-17H2,1-5H3,(H,26,29). The van der Waals surface area contributed by atoms with E-state index in [1.54, 1.807) is 11.8 Å². The van der Waals surface area contributed by atoms with Crippen LogP contribution < -0.4 is 10.1 Å². The summed E-state index contributed by atoms with van der Waals surface area (Å²) in [5.41, 5.74) is 3.26. The van der Waals surface area contributed by atoms with Crippen molar-refractivity contribution < 1.29 is 14.3 Å². The molecule has 2 aromatic carbocycles. The molecular formula is C25H34N2O3. The first-order valence-electron chi connectivity index (χ1n) is 10.7. The van der Waals surface area contributed by atoms with Gasteiger partial charge in [-0.3, -0.25) is 9.59 Å². The molecule has 0 saturated carbocycles. The van der Waals surface area contributed by atoms with Crippen LogP contribution in [0.2, 0.25) is 0 Å². The molecule has 0 heterocycles. The molecule has 2 amide bonds. The quantitative estimate of drug-likeness (QED) is 0.643. The molecule has 162 valence electrons. The topological polar surface area (TPSA) is 58.6 Å². The molecule has 2 aromatic rings. The SMILES string of the molecule is CCC(C)NC(=O)C(C)N(CCc1ccccc1)C(=O)COc1cccc(C)c1C. The van der Waals surface area contributed by atoms with E-state index in [1.807, 2.05) is 76.2 Å². The van der Waals surface area contributed by atoms with Crippen molar-refractivity contribution in [3.05, 3.63) is 65.2 Å². The van der Waals surface area contributed by atoms with E-state index < -0.39 is 6.04 Å². The van der Waals surface area contributed by atoms with E-state index >= 15 is 0 Å². The highest BCUT2D eigenvalue weighted by molar-refractivity contribution is 5.88. The summed E-state index contributed by atoms with van der Waals surface area (Å²) in [6.45, 7) is 10.1. The average molecular weight is 411 g/mol. The van der Waals surface area contributed by atoms with E-state index in [2.05, 4.69) is 5.32 Å². The van der Waals surface area contributed by atoms with E-state index in [0.29, 0.717) is 18.7 Å². The molecule has 2 atom stereocenters. The Hall–Kier alpha value is -2.82. The van der Waals surface area contributed by atoms with Gasteiger partial charge in [-0.1, -0.05) is 49.4 Å². The lowest BCUT2D eigenvalue weighted by Crippen LogP contribution is -2.51. The number of nitrogens with one attached hydrogen (secondary N) is 1. The van der Waals surface area contributed by atoms with Crippen molar-refractivity contribution in [1.29, 1.82) is 0 Å². The van der Waals surface area contributed by atoms with Gasteiger partial charge >= 0.3 is 0 Å². The fourth-order valence-electron chi connectivity index (χ4n) is 3.14. The zero-order valence-corrected chi connectivity index (χ0v) is 18.8. The van der Waals surface area contributed by atoms with Gasteiger partial charge in [-0.05, 0) is 63.3 Å². The second-order valence-electron chi connectivity index (χ2n) is 7.80. The lowest BCUT2D eigenvalue weighted by molar-refractivity contribution is -0.141. The Morgan fingerprint density at radius 2 is 1.73 bits per heavy atom. The summed E-state index contributed by atoms with van der Waals surface area (Å²) in [6, 6.07) is 15.3. The van der Waals surface area contributed by atoms with Crippen molar-refractivity contribution >= 4 is 11.8 Å². The summed E-state index contributed by atoms with van der Waals surface area (Å²) in [7, 11) is 0. The van der Waals surface area contributed by atoms with Gasteiger partial charge in [-0.2, -0.15) is 0 Å². The predicted molar refractivity (Wildman–Crippen MR) is 121 cm³/mol. The molecule has 2 unspecified atom stereocenters. The number of hydrogen-bond acceptors (Lipinski definition) is 3. The van der Waals surface area contributed by atoms with E-state index in [0.717, 1.165) is 23.1 Å². The van der Waals surface area contributed by atoms with Crippen LogP contribution in [0, 0.1) is 13.8 Å². The molecule has 0 radical (unpaired) electrons. The lowest BCUT2D eigenvalue weighted by Gasteiger charge is -2.29. The van der Waals surface area contributed by atoms with Crippen molar-refractivity contribution in [2.24, 2.45) is 0 Å². The van der Waals surface area contributed by atoms with Gasteiger partial charge in [0.1, 0.15) is 11.8 Å². The van der Waals surface area contributed by atoms with Crippen molar-refractivity contribution in [3.63, 3.8) is 0 Å². The van der Waals surface area contributed by atoms with Crippen LogP contribution in [0.25, 0.3) is 0 Å². The molecular weight excluding hydrogens is 376 g/mol. The largest absolute Gasteiger partial charge is 0.483 e. The number of aryl methyl sites for hydroxylation is 1. The van der Waals surface area contributed by atoms with Crippen LogP contribution in [0.5, 0.6) is 5.75 Å². The number of nitrogens with zero attached hydrogens (tertiary/aromatic N) is 1. The zero-order chi connectivity index (χ0) is 22.1. The van der Waals surface area contributed by atoms with Crippen LogP contribution in [-0.2, 0) is 16.0 Å². The summed E-state index contributed by atoms with van der Waals surface area (Å²) in [5, 5.41) is 2.98. The average Bonchev–Trinajstić information content (AvgIpc) is 2.75. The smallest absolute Gasteiger partial charge is 0.261 e. The lowest BCUT2D eigenvalue weighted by atomic mass is 10.1. The molecule has 30 heavy (non-hydrogen) atoms. The highest BCUT2D eigenvalue weighted by Crippen LogP contribution is 2.20. The second-order valence-corrected chi connectivity index (χ2v) is 7.80. The number of rotatable bonds is 10. The Morgan fingerprint density at radius 1 is 1.03 bits per heavy atom. The van der Waals surface area contributed by atoms with Gasteiger partial charge in [0.05, 0.1) is 0 Å². The van der Waals surface area contributed by atoms with Gasteiger partial charge in [0.25, 0.3) is 5.91 Å². The number of hydrogen-bond donors (Lipinski definition) is 1. The third kappa shape index (κ3) is 6.61. The van der Waals surface area contributed by atoms with Crippen LogP contribution in [-0.4, -0.2) is 41.9 Å². The van der Waals surface area contributed by atoms with Crippen LogP contribution in [0.1, 0.15) is 43.9 Å². The normalized spacial score (nSPS) is 12.7. The van der Waals surface area contributed by atoms with Gasteiger partial charge in [-0.15, -0.1) is 0 Å². The first-order chi connectivity index (χ1) is 14.3. The summed E-state index contributed by atoms with van der Waals surface area (Å²) in [4.78, 5) is 27.4. The number of amides is 2. The molecule has 0 aliphatic rings. The van der Waals surface area contributed by atoms with Crippen molar-refractivity contribution in [1.82, 2.24) is 10.2 Å². The molecule has 0 aliphatic carbocycles. The van der Waals surface area contributed by atoms with Crippen LogP contribution in [0.3, 0.4) is 0 Å². The summed E-state index contributed by atoms with van der Waals surface area (Å²) in [6.07, 6.45) is 1.52. The van der Waals surface area contributed by atoms with Gasteiger partial charge in [-0.25, -0.2) is 0 Å². The third-order valence-electron chi connectivity index (χ3n) is 5.56. The molecule has 0 saturated heterocycles. The van der Waals surface area contributed by atoms with Gasteiger partial charge in [0, 0.05) is 12.6 Å². The molecule has 0 fully saturated rings. The molecule has 5 nitrogen and oxygen atoms in total. The highest BCUT2D eigenvalue weighted by Gasteiger charge is 2.26. The maximum atomic E-state index is 13.1. The van der Waals surface area contributed by atoms with Crippen LogP contribution in [0.4, 0.5) is 0 Å². The molecule has 5 heteroatoms. The summed E-state index contributed by atoms with van der Waals surface area (Å²) < 4.78 is 5.82. The van der Waals surface area contributed by atoms with Gasteiger partial charge in [0.2, 0.25) is 5.91 Å². The molecule has 0 aliphatic heterocycles. The van der Waals surface area contributed by atoms with E-state index in [4.69, 9.17) is 4.74 Å². The zero-order valence-electron chi connectivity index (χ0n) is 18.8. The van der Waals surface area contributed by atoms with Crippen LogP contribution >= 0.6 is 0 Å². The molecule has 0 bridgehead atoms. The van der Waals surface area contributed by atoms with E-state index in [9.17, 15) is 9.59 Å². The maximum absolute atomic E-state index is 13.1. The minimum absolute atomic E-state index is 0.0669. The molecule has 1 N–H and O–H groups in total. The molecule has 2 rings (SSSR count). The van der Waals surface area contributed by atoms with E-state index in [-0.39, 0.29) is 24.5 Å². The molecule has 0 spiro atoms. The highest BCUT2D eigenvalue weighted by atomic mass is 16.5. The Labute approximate surface area is 180 Å². The number of ether oxygens (including phenoxy) is 1. The fraction of sp³-hybridized carbons (Fsp3) is 0.440. The Kier molecular flexibility index (Phi) is 8.90.